The van der Waals surface area contributed by atoms with Crippen LogP contribution in [0.4, 0.5) is 0 Å². The highest BCUT2D eigenvalue weighted by atomic mass is 32.2. The highest BCUT2D eigenvalue weighted by molar-refractivity contribution is 7.99. The summed E-state index contributed by atoms with van der Waals surface area (Å²) in [6.07, 6.45) is 4.03. The maximum Gasteiger partial charge on any atom is 0.250 e. The molecule has 0 unspecified atom stereocenters. The Kier molecular flexibility index (Phi) is 7.23. The van der Waals surface area contributed by atoms with Crippen molar-refractivity contribution in [2.24, 2.45) is 5.73 Å². The lowest BCUT2D eigenvalue weighted by atomic mass is 9.86. The second-order valence-electron chi connectivity index (χ2n) is 10.7. The van der Waals surface area contributed by atoms with Gasteiger partial charge in [-0.1, -0.05) is 108 Å². The van der Waals surface area contributed by atoms with Crippen LogP contribution in [0.2, 0.25) is 0 Å². The van der Waals surface area contributed by atoms with E-state index in [1.165, 1.54) is 11.1 Å². The number of nitrogens with two attached hydrogens (primary N) is 1. The molecule has 0 spiro atoms. The van der Waals surface area contributed by atoms with E-state index in [0.717, 1.165) is 26.5 Å². The SMILES string of the molecule is Cc1cc(/C=C/c2ccc(C(C)(C)C)cc2)c(C(N)=O)c(Sc2ccc(C(C)(C)C)cc2)c1. The predicted octanol–water partition coefficient (Wildman–Crippen LogP) is 8.01. The first-order valence-electron chi connectivity index (χ1n) is 11.4. The third-order valence-corrected chi connectivity index (χ3v) is 6.75. The molecule has 0 heterocycles. The van der Waals surface area contributed by atoms with Gasteiger partial charge in [-0.05, 0) is 63.8 Å². The standard InChI is InChI=1S/C30H35NOS/c1-20-18-22(11-8-21-9-12-23(13-10-21)29(2,3)4)27(28(31)32)26(19-20)33-25-16-14-24(15-17-25)30(5,6)7/h8-19H,1-7H3,(H2,31,32)/b11-8+. The van der Waals surface area contributed by atoms with Crippen molar-refractivity contribution in [1.29, 1.82) is 0 Å². The largest absolute Gasteiger partial charge is 0.366 e. The molecule has 0 atom stereocenters. The molecular formula is C30H35NOS. The molecule has 0 fully saturated rings. The van der Waals surface area contributed by atoms with Crippen molar-refractivity contribution in [2.45, 2.75) is 69.1 Å². The van der Waals surface area contributed by atoms with Crippen LogP contribution >= 0.6 is 11.8 Å². The lowest BCUT2D eigenvalue weighted by Crippen LogP contribution is -2.14. The van der Waals surface area contributed by atoms with Gasteiger partial charge in [-0.15, -0.1) is 0 Å². The molecule has 0 radical (unpaired) electrons. The second-order valence-corrected chi connectivity index (χ2v) is 11.8. The topological polar surface area (TPSA) is 43.1 Å². The van der Waals surface area contributed by atoms with E-state index >= 15 is 0 Å². The van der Waals surface area contributed by atoms with Crippen LogP contribution in [-0.4, -0.2) is 5.91 Å². The minimum absolute atomic E-state index is 0.105. The van der Waals surface area contributed by atoms with Gasteiger partial charge in [-0.2, -0.15) is 0 Å². The number of amides is 1. The molecule has 0 aliphatic carbocycles. The highest BCUT2D eigenvalue weighted by Gasteiger charge is 2.17. The quantitative estimate of drug-likeness (QED) is 0.394. The lowest BCUT2D eigenvalue weighted by molar-refractivity contribution is 0.0997. The van der Waals surface area contributed by atoms with Gasteiger partial charge in [-0.3, -0.25) is 4.79 Å². The first kappa shape index (κ1) is 24.9. The van der Waals surface area contributed by atoms with E-state index in [1.54, 1.807) is 11.8 Å². The summed E-state index contributed by atoms with van der Waals surface area (Å²) in [5, 5.41) is 0. The molecule has 33 heavy (non-hydrogen) atoms. The van der Waals surface area contributed by atoms with Crippen molar-refractivity contribution < 1.29 is 4.79 Å². The molecule has 2 nitrogen and oxygen atoms in total. The van der Waals surface area contributed by atoms with Crippen LogP contribution in [0.5, 0.6) is 0 Å². The Labute approximate surface area is 203 Å². The zero-order valence-corrected chi connectivity index (χ0v) is 21.6. The number of carbonyl (C=O) groups excluding carboxylic acids is 1. The molecule has 3 rings (SSSR count). The number of rotatable bonds is 5. The van der Waals surface area contributed by atoms with Gasteiger partial charge in [0.2, 0.25) is 5.91 Å². The maximum absolute atomic E-state index is 12.5. The third kappa shape index (κ3) is 6.39. The number of carbonyl (C=O) groups is 1. The van der Waals surface area contributed by atoms with Gasteiger partial charge in [0.1, 0.15) is 0 Å². The van der Waals surface area contributed by atoms with Gasteiger partial charge >= 0.3 is 0 Å². The van der Waals surface area contributed by atoms with Gasteiger partial charge in [0.15, 0.2) is 0 Å². The zero-order valence-electron chi connectivity index (χ0n) is 20.8. The third-order valence-electron chi connectivity index (χ3n) is 5.70. The van der Waals surface area contributed by atoms with E-state index < -0.39 is 5.91 Å². The Balaban J connectivity index is 1.93. The van der Waals surface area contributed by atoms with Gasteiger partial charge in [0, 0.05) is 9.79 Å². The van der Waals surface area contributed by atoms with Crippen molar-refractivity contribution >= 4 is 29.8 Å². The molecule has 2 N–H and O–H groups in total. The molecule has 0 aromatic heterocycles. The van der Waals surface area contributed by atoms with E-state index in [0.29, 0.717) is 5.56 Å². The molecule has 0 saturated heterocycles. The average molecular weight is 458 g/mol. The summed E-state index contributed by atoms with van der Waals surface area (Å²) in [4.78, 5) is 14.4. The van der Waals surface area contributed by atoms with Crippen LogP contribution in [0.3, 0.4) is 0 Å². The van der Waals surface area contributed by atoms with Gasteiger partial charge in [0.25, 0.3) is 0 Å². The molecule has 3 aromatic rings. The number of benzene rings is 3. The molecule has 0 aliphatic heterocycles. The van der Waals surface area contributed by atoms with E-state index in [2.05, 4.69) is 90.1 Å². The Morgan fingerprint density at radius 3 is 1.79 bits per heavy atom. The smallest absolute Gasteiger partial charge is 0.250 e. The second kappa shape index (κ2) is 9.61. The first-order valence-corrected chi connectivity index (χ1v) is 12.2. The lowest BCUT2D eigenvalue weighted by Gasteiger charge is -2.19. The first-order chi connectivity index (χ1) is 15.3. The summed E-state index contributed by atoms with van der Waals surface area (Å²) in [7, 11) is 0. The summed E-state index contributed by atoms with van der Waals surface area (Å²) < 4.78 is 0. The van der Waals surface area contributed by atoms with Gasteiger partial charge in [-0.25, -0.2) is 0 Å². The summed E-state index contributed by atoms with van der Waals surface area (Å²) >= 11 is 1.58. The van der Waals surface area contributed by atoms with Crippen LogP contribution in [0.1, 0.15) is 79.7 Å². The fourth-order valence-corrected chi connectivity index (χ4v) is 4.78. The summed E-state index contributed by atoms with van der Waals surface area (Å²) in [6, 6.07) is 21.2. The van der Waals surface area contributed by atoms with Crippen LogP contribution < -0.4 is 5.73 Å². The van der Waals surface area contributed by atoms with Crippen molar-refractivity contribution in [3.05, 3.63) is 94.0 Å². The van der Waals surface area contributed by atoms with Crippen molar-refractivity contribution in [3.63, 3.8) is 0 Å². The Morgan fingerprint density at radius 2 is 1.30 bits per heavy atom. The monoisotopic (exact) mass is 457 g/mol. The minimum Gasteiger partial charge on any atom is -0.366 e. The van der Waals surface area contributed by atoms with E-state index in [4.69, 9.17) is 5.73 Å². The van der Waals surface area contributed by atoms with E-state index in [1.807, 2.05) is 31.2 Å². The predicted molar refractivity (Wildman–Crippen MR) is 143 cm³/mol. The van der Waals surface area contributed by atoms with Crippen molar-refractivity contribution in [3.8, 4) is 0 Å². The van der Waals surface area contributed by atoms with E-state index in [-0.39, 0.29) is 10.8 Å². The number of hydrogen-bond acceptors (Lipinski definition) is 2. The molecule has 0 aliphatic rings. The molecule has 1 amide bonds. The maximum atomic E-state index is 12.5. The molecule has 3 aromatic carbocycles. The number of primary amides is 1. The fourth-order valence-electron chi connectivity index (χ4n) is 3.69. The Morgan fingerprint density at radius 1 is 0.788 bits per heavy atom. The van der Waals surface area contributed by atoms with Crippen molar-refractivity contribution in [2.75, 3.05) is 0 Å². The Bertz CT molecular complexity index is 1160. The van der Waals surface area contributed by atoms with E-state index in [9.17, 15) is 4.79 Å². The number of hydrogen-bond donors (Lipinski definition) is 1. The summed E-state index contributed by atoms with van der Waals surface area (Å²) in [6.45, 7) is 15.3. The molecule has 3 heteroatoms. The summed E-state index contributed by atoms with van der Waals surface area (Å²) in [5.41, 5.74) is 12.2. The van der Waals surface area contributed by atoms with Gasteiger partial charge in [0.05, 0.1) is 5.56 Å². The molecular weight excluding hydrogens is 422 g/mol. The van der Waals surface area contributed by atoms with Crippen LogP contribution in [0.15, 0.2) is 70.5 Å². The van der Waals surface area contributed by atoms with Crippen molar-refractivity contribution in [1.82, 2.24) is 0 Å². The van der Waals surface area contributed by atoms with Crippen LogP contribution in [0.25, 0.3) is 12.2 Å². The van der Waals surface area contributed by atoms with Crippen LogP contribution in [-0.2, 0) is 10.8 Å². The fraction of sp³-hybridized carbons (Fsp3) is 0.300. The Hall–Kier alpha value is -2.78. The highest BCUT2D eigenvalue weighted by Crippen LogP contribution is 2.35. The molecule has 0 bridgehead atoms. The number of aryl methyl sites for hydroxylation is 1. The molecule has 0 saturated carbocycles. The van der Waals surface area contributed by atoms with Gasteiger partial charge < -0.3 is 5.73 Å². The average Bonchev–Trinajstić information content (AvgIpc) is 2.71. The minimum atomic E-state index is -0.411. The van der Waals surface area contributed by atoms with Crippen LogP contribution in [0, 0.1) is 6.92 Å². The normalized spacial score (nSPS) is 12.3. The zero-order chi connectivity index (χ0) is 24.4. The molecule has 172 valence electrons. The summed E-state index contributed by atoms with van der Waals surface area (Å²) in [5.74, 6) is -0.411.